The Morgan fingerprint density at radius 3 is 1.93 bits per heavy atom. The summed E-state index contributed by atoms with van der Waals surface area (Å²) in [6, 6.07) is 0. The molecule has 0 N–H and O–H groups in total. The molecule has 0 aliphatic rings. The topological polar surface area (TPSA) is 43.4 Å². The van der Waals surface area contributed by atoms with Crippen LogP contribution in [-0.4, -0.2) is 18.4 Å². The summed E-state index contributed by atoms with van der Waals surface area (Å²) in [4.78, 5) is 22.4. The van der Waals surface area contributed by atoms with Gasteiger partial charge in [-0.1, -0.05) is 34.6 Å². The molecular weight excluding hydrogens is 232 g/mol. The first-order valence-corrected chi connectivity index (χ1v) is 4.46. The largest absolute Gasteiger partial charge is 0.460 e. The number of rotatable bonds is 3. The molecule has 0 unspecified atom stereocenters. The van der Waals surface area contributed by atoms with Gasteiger partial charge in [0.2, 0.25) is 5.78 Å². The van der Waals surface area contributed by atoms with Crippen molar-refractivity contribution in [1.82, 2.24) is 0 Å². The predicted octanol–water partition coefficient (Wildman–Crippen LogP) is 1.80. The number of Topliss-reactive ketones (excluding diaryl/α,β-unsaturated/α-hetero) is 1. The van der Waals surface area contributed by atoms with Crippen LogP contribution in [0.15, 0.2) is 0 Å². The summed E-state index contributed by atoms with van der Waals surface area (Å²) in [5.41, 5.74) is -0.645. The SMILES string of the molecule is CC(C)COC(=O)C(=O)C(C)(C)C.[Cu]. The van der Waals surface area contributed by atoms with Gasteiger partial charge in [-0.15, -0.1) is 0 Å². The maximum atomic E-state index is 11.3. The molecule has 0 aliphatic heterocycles. The molecule has 4 heteroatoms. The first kappa shape index (κ1) is 16.1. The third-order valence-corrected chi connectivity index (χ3v) is 1.41. The van der Waals surface area contributed by atoms with Crippen molar-refractivity contribution in [3.8, 4) is 0 Å². The average Bonchev–Trinajstić information content (AvgIpc) is 1.96. The molecule has 0 atom stereocenters. The zero-order valence-corrected chi connectivity index (χ0v) is 10.3. The summed E-state index contributed by atoms with van der Waals surface area (Å²) in [5, 5.41) is 0. The molecule has 0 saturated heterocycles. The van der Waals surface area contributed by atoms with Crippen molar-refractivity contribution < 1.29 is 31.4 Å². The fraction of sp³-hybridized carbons (Fsp3) is 0.800. The smallest absolute Gasteiger partial charge is 0.375 e. The van der Waals surface area contributed by atoms with Gasteiger partial charge in [-0.05, 0) is 5.92 Å². The zero-order valence-electron chi connectivity index (χ0n) is 9.31. The van der Waals surface area contributed by atoms with Gasteiger partial charge in [0.15, 0.2) is 0 Å². The zero-order chi connectivity index (χ0) is 10.6. The fourth-order valence-corrected chi connectivity index (χ4v) is 0.614. The number of ketones is 1. The quantitative estimate of drug-likeness (QED) is 0.435. The summed E-state index contributed by atoms with van der Waals surface area (Å²) in [6.45, 7) is 9.26. The van der Waals surface area contributed by atoms with Crippen LogP contribution in [0.2, 0.25) is 0 Å². The Hall–Kier alpha value is -0.341. The van der Waals surface area contributed by atoms with Crippen molar-refractivity contribution >= 4 is 11.8 Å². The molecule has 0 rings (SSSR count). The van der Waals surface area contributed by atoms with E-state index in [1.54, 1.807) is 20.8 Å². The van der Waals surface area contributed by atoms with Gasteiger partial charge in [0.25, 0.3) is 0 Å². The second kappa shape index (κ2) is 6.20. The van der Waals surface area contributed by atoms with E-state index in [0.29, 0.717) is 6.61 Å². The van der Waals surface area contributed by atoms with Crippen LogP contribution >= 0.6 is 0 Å². The molecule has 1 radical (unpaired) electrons. The molecule has 14 heavy (non-hydrogen) atoms. The molecule has 0 aromatic rings. The first-order valence-electron chi connectivity index (χ1n) is 4.46. The summed E-state index contributed by atoms with van der Waals surface area (Å²) in [7, 11) is 0. The Morgan fingerprint density at radius 2 is 1.64 bits per heavy atom. The van der Waals surface area contributed by atoms with Crippen molar-refractivity contribution in [3.05, 3.63) is 0 Å². The van der Waals surface area contributed by atoms with E-state index in [0.717, 1.165) is 0 Å². The number of ether oxygens (including phenoxy) is 1. The molecule has 0 bridgehead atoms. The summed E-state index contributed by atoms with van der Waals surface area (Å²) >= 11 is 0. The minimum atomic E-state index is -0.721. The third-order valence-electron chi connectivity index (χ3n) is 1.41. The van der Waals surface area contributed by atoms with E-state index in [9.17, 15) is 9.59 Å². The van der Waals surface area contributed by atoms with Gasteiger partial charge in [-0.25, -0.2) is 4.79 Å². The van der Waals surface area contributed by atoms with E-state index in [-0.39, 0.29) is 23.0 Å². The minimum absolute atomic E-state index is 0. The number of carbonyl (C=O) groups excluding carboxylic acids is 2. The predicted molar refractivity (Wildman–Crippen MR) is 50.3 cm³/mol. The molecule has 0 aromatic heterocycles. The van der Waals surface area contributed by atoms with Crippen molar-refractivity contribution in [2.75, 3.05) is 6.61 Å². The Bertz CT molecular complexity index is 204. The molecule has 0 fully saturated rings. The molecule has 0 aliphatic carbocycles. The Kier molecular flexibility index (Phi) is 7.13. The van der Waals surface area contributed by atoms with E-state index < -0.39 is 17.2 Å². The van der Waals surface area contributed by atoms with Crippen LogP contribution < -0.4 is 0 Å². The van der Waals surface area contributed by atoms with Crippen LogP contribution in [0.1, 0.15) is 34.6 Å². The minimum Gasteiger partial charge on any atom is -0.460 e. The molecular formula is C10H18CuO3. The van der Waals surface area contributed by atoms with Crippen LogP contribution in [0, 0.1) is 11.3 Å². The molecule has 0 heterocycles. The van der Waals surface area contributed by atoms with E-state index in [2.05, 4.69) is 0 Å². The van der Waals surface area contributed by atoms with Crippen molar-refractivity contribution in [3.63, 3.8) is 0 Å². The van der Waals surface area contributed by atoms with E-state index in [1.807, 2.05) is 13.8 Å². The summed E-state index contributed by atoms with van der Waals surface area (Å²) in [6.07, 6.45) is 0. The normalized spacial score (nSPS) is 10.7. The van der Waals surface area contributed by atoms with Gasteiger partial charge in [-0.3, -0.25) is 4.79 Å². The molecule has 0 amide bonds. The standard InChI is InChI=1S/C10H18O3.Cu/c1-7(2)6-13-9(12)8(11)10(3,4)5;/h7H,6H2,1-5H3;. The van der Waals surface area contributed by atoms with Gasteiger partial charge in [-0.2, -0.15) is 0 Å². The third kappa shape index (κ3) is 6.16. The first-order chi connectivity index (χ1) is 5.75. The molecule has 3 nitrogen and oxygen atoms in total. The number of carbonyl (C=O) groups is 2. The monoisotopic (exact) mass is 249 g/mol. The molecule has 0 saturated carbocycles. The fourth-order valence-electron chi connectivity index (χ4n) is 0.614. The van der Waals surface area contributed by atoms with E-state index in [4.69, 9.17) is 4.74 Å². The van der Waals surface area contributed by atoms with Gasteiger partial charge in [0.05, 0.1) is 6.61 Å². The molecule has 0 aromatic carbocycles. The van der Waals surface area contributed by atoms with Crippen molar-refractivity contribution in [1.29, 1.82) is 0 Å². The van der Waals surface area contributed by atoms with Gasteiger partial charge in [0, 0.05) is 22.5 Å². The van der Waals surface area contributed by atoms with Crippen LogP contribution in [-0.2, 0) is 31.4 Å². The number of esters is 1. The maximum Gasteiger partial charge on any atom is 0.375 e. The van der Waals surface area contributed by atoms with E-state index >= 15 is 0 Å². The molecule has 87 valence electrons. The number of hydrogen-bond donors (Lipinski definition) is 0. The summed E-state index contributed by atoms with van der Waals surface area (Å²) < 4.78 is 4.80. The summed E-state index contributed by atoms with van der Waals surface area (Å²) in [5.74, 6) is -0.925. The van der Waals surface area contributed by atoms with Crippen LogP contribution in [0.4, 0.5) is 0 Å². The second-order valence-electron chi connectivity index (χ2n) is 4.57. The van der Waals surface area contributed by atoms with E-state index in [1.165, 1.54) is 0 Å². The van der Waals surface area contributed by atoms with Crippen LogP contribution in [0.5, 0.6) is 0 Å². The van der Waals surface area contributed by atoms with Crippen molar-refractivity contribution in [2.24, 2.45) is 11.3 Å². The Labute approximate surface area is 96.1 Å². The maximum absolute atomic E-state index is 11.3. The Morgan fingerprint density at radius 1 is 1.21 bits per heavy atom. The average molecular weight is 250 g/mol. The second-order valence-corrected chi connectivity index (χ2v) is 4.57. The van der Waals surface area contributed by atoms with Crippen LogP contribution in [0.3, 0.4) is 0 Å². The van der Waals surface area contributed by atoms with Crippen molar-refractivity contribution in [2.45, 2.75) is 34.6 Å². The van der Waals surface area contributed by atoms with Gasteiger partial charge < -0.3 is 4.74 Å². The Balaban J connectivity index is 0. The van der Waals surface area contributed by atoms with Gasteiger partial charge >= 0.3 is 5.97 Å². The molecule has 0 spiro atoms. The van der Waals surface area contributed by atoms with Crippen LogP contribution in [0.25, 0.3) is 0 Å². The number of hydrogen-bond acceptors (Lipinski definition) is 3. The van der Waals surface area contributed by atoms with Gasteiger partial charge in [0.1, 0.15) is 0 Å².